The van der Waals surface area contributed by atoms with Crippen molar-refractivity contribution in [3.8, 4) is 0 Å². The van der Waals surface area contributed by atoms with Gasteiger partial charge in [-0.2, -0.15) is 0 Å². The van der Waals surface area contributed by atoms with Crippen LogP contribution in [0.3, 0.4) is 0 Å². The zero-order valence-corrected chi connectivity index (χ0v) is 17.3. The van der Waals surface area contributed by atoms with E-state index in [0.717, 1.165) is 26.7 Å². The van der Waals surface area contributed by atoms with Gasteiger partial charge in [0.1, 0.15) is 0 Å². The number of carbonyl (C=O) groups excluding carboxylic acids is 1. The van der Waals surface area contributed by atoms with Crippen LogP contribution >= 0.6 is 22.6 Å². The molecule has 0 saturated carbocycles. The third-order valence-corrected chi connectivity index (χ3v) is 6.50. The summed E-state index contributed by atoms with van der Waals surface area (Å²) in [5.74, 6) is 0.138. The molecule has 0 unspecified atom stereocenters. The van der Waals surface area contributed by atoms with Crippen molar-refractivity contribution < 1.29 is 4.79 Å². The third kappa shape index (κ3) is 2.94. The van der Waals surface area contributed by atoms with Gasteiger partial charge < -0.3 is 0 Å². The first-order valence-electron chi connectivity index (χ1n) is 8.58. The van der Waals surface area contributed by atoms with Crippen molar-refractivity contribution in [1.82, 2.24) is 0 Å². The average Bonchev–Trinajstić information content (AvgIpc) is 2.51. The number of hydrogen-bond acceptors (Lipinski definition) is 1. The van der Waals surface area contributed by atoms with Gasteiger partial charge >= 0.3 is 0 Å². The lowest BCUT2D eigenvalue weighted by Gasteiger charge is -2.42. The Labute approximate surface area is 159 Å². The molecule has 0 fully saturated rings. The molecule has 24 heavy (non-hydrogen) atoms. The second-order valence-electron chi connectivity index (χ2n) is 8.29. The van der Waals surface area contributed by atoms with Crippen molar-refractivity contribution in [2.45, 2.75) is 58.3 Å². The fraction of sp³-hybridized carbons (Fsp3) is 0.409. The van der Waals surface area contributed by atoms with Gasteiger partial charge in [0.25, 0.3) is 0 Å². The summed E-state index contributed by atoms with van der Waals surface area (Å²) in [5.41, 5.74) is 5.80. The number of carbonyl (C=O) groups is 1. The molecule has 126 valence electrons. The highest BCUT2D eigenvalue weighted by molar-refractivity contribution is 14.1. The van der Waals surface area contributed by atoms with Gasteiger partial charge in [0.15, 0.2) is 5.78 Å². The van der Waals surface area contributed by atoms with E-state index in [2.05, 4.69) is 69.3 Å². The van der Waals surface area contributed by atoms with Crippen molar-refractivity contribution in [2.75, 3.05) is 0 Å². The van der Waals surface area contributed by atoms with Crippen LogP contribution < -0.4 is 0 Å². The lowest BCUT2D eigenvalue weighted by Crippen LogP contribution is -2.34. The molecule has 0 saturated heterocycles. The Bertz CT molecular complexity index is 815. The smallest absolute Gasteiger partial charge is 0.194 e. The zero-order chi connectivity index (χ0) is 17.7. The summed E-state index contributed by atoms with van der Waals surface area (Å²) < 4.78 is 1.01. The largest absolute Gasteiger partial charge is 0.289 e. The number of ketones is 1. The number of hydrogen-bond donors (Lipinski definition) is 0. The highest BCUT2D eigenvalue weighted by Crippen LogP contribution is 2.46. The van der Waals surface area contributed by atoms with E-state index in [4.69, 9.17) is 0 Å². The molecular weight excluding hydrogens is 407 g/mol. The first-order valence-corrected chi connectivity index (χ1v) is 9.66. The van der Waals surface area contributed by atoms with E-state index in [9.17, 15) is 4.79 Å². The van der Waals surface area contributed by atoms with Gasteiger partial charge in [-0.05, 0) is 88.1 Å². The van der Waals surface area contributed by atoms with Crippen LogP contribution in [0.2, 0.25) is 0 Å². The topological polar surface area (TPSA) is 17.1 Å². The molecule has 0 bridgehead atoms. The zero-order valence-electron chi connectivity index (χ0n) is 15.2. The lowest BCUT2D eigenvalue weighted by molar-refractivity contribution is 0.103. The normalized spacial score (nSPS) is 18.1. The molecule has 0 amide bonds. The van der Waals surface area contributed by atoms with E-state index in [1.165, 1.54) is 17.5 Å². The molecule has 0 atom stereocenters. The number of aryl methyl sites for hydroxylation is 1. The first kappa shape index (κ1) is 17.7. The molecule has 2 heteroatoms. The molecule has 0 aromatic heterocycles. The van der Waals surface area contributed by atoms with Crippen LogP contribution in [0.4, 0.5) is 0 Å². The van der Waals surface area contributed by atoms with E-state index < -0.39 is 0 Å². The molecule has 2 aromatic rings. The summed E-state index contributed by atoms with van der Waals surface area (Å²) in [5, 5.41) is 0. The summed E-state index contributed by atoms with van der Waals surface area (Å²) in [6.45, 7) is 11.3. The second kappa shape index (κ2) is 5.98. The van der Waals surface area contributed by atoms with Crippen LogP contribution in [0, 0.1) is 10.5 Å². The van der Waals surface area contributed by atoms with E-state index in [1.807, 2.05) is 24.3 Å². The molecule has 0 aliphatic heterocycles. The van der Waals surface area contributed by atoms with Gasteiger partial charge in [-0.1, -0.05) is 45.9 Å². The Hall–Kier alpha value is -1.16. The fourth-order valence-electron chi connectivity index (χ4n) is 3.76. The minimum atomic E-state index is 0.122. The van der Waals surface area contributed by atoms with Crippen LogP contribution in [0.25, 0.3) is 0 Å². The molecule has 1 aliphatic carbocycles. The molecule has 1 nitrogen and oxygen atoms in total. The van der Waals surface area contributed by atoms with E-state index >= 15 is 0 Å². The van der Waals surface area contributed by atoms with E-state index in [-0.39, 0.29) is 16.6 Å². The summed E-state index contributed by atoms with van der Waals surface area (Å²) in [7, 11) is 0. The lowest BCUT2D eigenvalue weighted by atomic mass is 9.62. The maximum absolute atomic E-state index is 13.1. The average molecular weight is 432 g/mol. The van der Waals surface area contributed by atoms with Crippen LogP contribution in [-0.4, -0.2) is 5.78 Å². The van der Waals surface area contributed by atoms with Crippen molar-refractivity contribution >= 4 is 28.4 Å². The summed E-state index contributed by atoms with van der Waals surface area (Å²) in [6.07, 6.45) is 2.35. The molecule has 2 aromatic carbocycles. The van der Waals surface area contributed by atoms with Gasteiger partial charge in [0, 0.05) is 14.7 Å². The van der Waals surface area contributed by atoms with E-state index in [0.29, 0.717) is 0 Å². The van der Waals surface area contributed by atoms with Gasteiger partial charge in [0.05, 0.1) is 0 Å². The van der Waals surface area contributed by atoms with Crippen molar-refractivity contribution in [3.05, 3.63) is 67.8 Å². The Kier molecular flexibility index (Phi) is 4.40. The fourth-order valence-corrected chi connectivity index (χ4v) is 4.39. The molecule has 0 radical (unpaired) electrons. The molecule has 0 heterocycles. The number of fused-ring (bicyclic) bond motifs is 1. The number of benzene rings is 2. The van der Waals surface area contributed by atoms with E-state index in [1.54, 1.807) is 0 Å². The Balaban J connectivity index is 2.19. The van der Waals surface area contributed by atoms with Crippen molar-refractivity contribution in [1.29, 1.82) is 0 Å². The second-order valence-corrected chi connectivity index (χ2v) is 9.45. The van der Waals surface area contributed by atoms with Gasteiger partial charge in [-0.3, -0.25) is 4.79 Å². The number of halogens is 1. The third-order valence-electron chi connectivity index (χ3n) is 5.56. The standard InChI is InChI=1S/C22H25IO/c1-14-12-17-18(22(4,5)11-10-21(17,2)3)13-16(14)20(24)15-8-6-7-9-19(15)23/h6-9,12-13H,10-11H2,1-5H3. The van der Waals surface area contributed by atoms with Crippen LogP contribution in [-0.2, 0) is 10.8 Å². The van der Waals surface area contributed by atoms with Crippen LogP contribution in [0.5, 0.6) is 0 Å². The highest BCUT2D eigenvalue weighted by atomic mass is 127. The van der Waals surface area contributed by atoms with Crippen molar-refractivity contribution in [2.24, 2.45) is 0 Å². The molecular formula is C22H25IO. The predicted molar refractivity (Wildman–Crippen MR) is 109 cm³/mol. The molecule has 3 rings (SSSR count). The minimum absolute atomic E-state index is 0.122. The Morgan fingerprint density at radius 2 is 1.46 bits per heavy atom. The van der Waals surface area contributed by atoms with Gasteiger partial charge in [0.2, 0.25) is 0 Å². The maximum atomic E-state index is 13.1. The Morgan fingerprint density at radius 3 is 2.04 bits per heavy atom. The quantitative estimate of drug-likeness (QED) is 0.409. The minimum Gasteiger partial charge on any atom is -0.289 e. The first-order chi connectivity index (χ1) is 11.1. The van der Waals surface area contributed by atoms with Crippen LogP contribution in [0.1, 0.15) is 73.1 Å². The monoisotopic (exact) mass is 432 g/mol. The molecule has 0 spiro atoms. The van der Waals surface area contributed by atoms with Crippen LogP contribution in [0.15, 0.2) is 36.4 Å². The maximum Gasteiger partial charge on any atom is 0.194 e. The molecule has 1 aliphatic rings. The highest BCUT2D eigenvalue weighted by Gasteiger charge is 2.37. The molecule has 0 N–H and O–H groups in total. The summed E-state index contributed by atoms with van der Waals surface area (Å²) in [6, 6.07) is 12.3. The van der Waals surface area contributed by atoms with Gasteiger partial charge in [-0.25, -0.2) is 0 Å². The summed E-state index contributed by atoms with van der Waals surface area (Å²) >= 11 is 2.25. The summed E-state index contributed by atoms with van der Waals surface area (Å²) in [4.78, 5) is 13.1. The van der Waals surface area contributed by atoms with Gasteiger partial charge in [-0.15, -0.1) is 0 Å². The predicted octanol–water partition coefficient (Wildman–Crippen LogP) is 6.18. The van der Waals surface area contributed by atoms with Crippen molar-refractivity contribution in [3.63, 3.8) is 0 Å². The Morgan fingerprint density at radius 1 is 0.917 bits per heavy atom. The SMILES string of the molecule is Cc1cc2c(cc1C(=O)c1ccccc1I)C(C)(C)CCC2(C)C. The number of rotatable bonds is 2.